The smallest absolute Gasteiger partial charge is 0.350 e. The van der Waals surface area contributed by atoms with Crippen LogP contribution in [0.15, 0.2) is 0 Å². The van der Waals surface area contributed by atoms with E-state index in [0.29, 0.717) is 35.5 Å². The summed E-state index contributed by atoms with van der Waals surface area (Å²) in [4.78, 5) is 18.3. The molecular formula is C12H21N3O3S. The number of aromatic nitrogens is 1. The molecule has 0 aromatic carbocycles. The molecule has 6 nitrogen and oxygen atoms in total. The van der Waals surface area contributed by atoms with Crippen molar-refractivity contribution in [1.29, 1.82) is 0 Å². The van der Waals surface area contributed by atoms with Gasteiger partial charge in [0.05, 0.1) is 26.0 Å². The van der Waals surface area contributed by atoms with Crippen molar-refractivity contribution in [3.8, 4) is 0 Å². The third-order valence-electron chi connectivity index (χ3n) is 2.37. The first-order chi connectivity index (χ1) is 9.04. The van der Waals surface area contributed by atoms with Crippen LogP contribution in [-0.4, -0.2) is 63.4 Å². The normalized spacial score (nSPS) is 10.8. The summed E-state index contributed by atoms with van der Waals surface area (Å²) in [6.07, 6.45) is 0. The van der Waals surface area contributed by atoms with Gasteiger partial charge >= 0.3 is 5.97 Å². The van der Waals surface area contributed by atoms with Gasteiger partial charge < -0.3 is 19.7 Å². The lowest BCUT2D eigenvalue weighted by Crippen LogP contribution is -2.19. The quantitative estimate of drug-likeness (QED) is 0.573. The molecule has 1 heterocycles. The van der Waals surface area contributed by atoms with Gasteiger partial charge in [-0.25, -0.2) is 9.78 Å². The SMILES string of the molecule is COC(=O)c1sc(NCCOCCN(C)C)nc1C. The molecular weight excluding hydrogens is 266 g/mol. The lowest BCUT2D eigenvalue weighted by Gasteiger charge is -2.09. The van der Waals surface area contributed by atoms with Crippen LogP contribution in [0.1, 0.15) is 15.4 Å². The molecule has 0 fully saturated rings. The van der Waals surface area contributed by atoms with Crippen LogP contribution in [0.4, 0.5) is 5.13 Å². The molecule has 108 valence electrons. The summed E-state index contributed by atoms with van der Waals surface area (Å²) >= 11 is 1.30. The number of carbonyl (C=O) groups excluding carboxylic acids is 1. The number of nitrogens with one attached hydrogen (secondary N) is 1. The number of hydrogen-bond donors (Lipinski definition) is 1. The highest BCUT2D eigenvalue weighted by Gasteiger charge is 2.15. The average molecular weight is 287 g/mol. The summed E-state index contributed by atoms with van der Waals surface area (Å²) in [5, 5.41) is 3.85. The molecule has 0 aliphatic rings. The third-order valence-corrected chi connectivity index (χ3v) is 3.47. The van der Waals surface area contributed by atoms with E-state index in [4.69, 9.17) is 4.74 Å². The minimum atomic E-state index is -0.342. The molecule has 1 aromatic rings. The van der Waals surface area contributed by atoms with Crippen molar-refractivity contribution < 1.29 is 14.3 Å². The maximum atomic E-state index is 11.4. The molecule has 0 spiro atoms. The van der Waals surface area contributed by atoms with Crippen LogP contribution >= 0.6 is 11.3 Å². The molecule has 0 aliphatic heterocycles. The Bertz CT molecular complexity index is 407. The maximum Gasteiger partial charge on any atom is 0.350 e. The number of likely N-dealkylation sites (N-methyl/N-ethyl adjacent to an activating group) is 1. The van der Waals surface area contributed by atoms with Crippen LogP contribution in [0.5, 0.6) is 0 Å². The van der Waals surface area contributed by atoms with Gasteiger partial charge in [0.2, 0.25) is 0 Å². The van der Waals surface area contributed by atoms with E-state index < -0.39 is 0 Å². The second-order valence-corrected chi connectivity index (χ2v) is 5.27. The topological polar surface area (TPSA) is 63.7 Å². The molecule has 1 rings (SSSR count). The number of nitrogens with zero attached hydrogens (tertiary/aromatic N) is 2. The lowest BCUT2D eigenvalue weighted by atomic mass is 10.4. The Morgan fingerprint density at radius 3 is 2.79 bits per heavy atom. The first-order valence-electron chi connectivity index (χ1n) is 6.06. The van der Waals surface area contributed by atoms with Gasteiger partial charge in [0, 0.05) is 13.1 Å². The van der Waals surface area contributed by atoms with Gasteiger partial charge in [0.15, 0.2) is 5.13 Å². The van der Waals surface area contributed by atoms with Crippen molar-refractivity contribution in [1.82, 2.24) is 9.88 Å². The van der Waals surface area contributed by atoms with E-state index in [9.17, 15) is 4.79 Å². The summed E-state index contributed by atoms with van der Waals surface area (Å²) in [6.45, 7) is 4.68. The zero-order chi connectivity index (χ0) is 14.3. The van der Waals surface area contributed by atoms with E-state index in [2.05, 4.69) is 19.9 Å². The number of hydrogen-bond acceptors (Lipinski definition) is 7. The molecule has 0 radical (unpaired) electrons. The molecule has 19 heavy (non-hydrogen) atoms. The Morgan fingerprint density at radius 2 is 2.16 bits per heavy atom. The molecule has 1 aromatic heterocycles. The predicted octanol–water partition coefficient (Wildman–Crippen LogP) is 1.23. The standard InChI is InChI=1S/C12H21N3O3S/c1-9-10(11(16)17-4)19-12(14-9)13-5-7-18-8-6-15(2)3/h5-8H2,1-4H3,(H,13,14). The van der Waals surface area contributed by atoms with Crippen LogP contribution in [0.3, 0.4) is 0 Å². The van der Waals surface area contributed by atoms with Crippen molar-refractivity contribution in [2.45, 2.75) is 6.92 Å². The lowest BCUT2D eigenvalue weighted by molar-refractivity contribution is 0.0605. The van der Waals surface area contributed by atoms with E-state index in [1.807, 2.05) is 14.1 Å². The Labute approximate surface area is 117 Å². The monoisotopic (exact) mass is 287 g/mol. The zero-order valence-corrected chi connectivity index (χ0v) is 12.7. The second-order valence-electron chi connectivity index (χ2n) is 4.27. The summed E-state index contributed by atoms with van der Waals surface area (Å²) in [5.41, 5.74) is 0.688. The van der Waals surface area contributed by atoms with Crippen LogP contribution in [-0.2, 0) is 9.47 Å². The summed E-state index contributed by atoms with van der Waals surface area (Å²) in [7, 11) is 5.38. The van der Waals surface area contributed by atoms with Gasteiger partial charge in [-0.2, -0.15) is 0 Å². The van der Waals surface area contributed by atoms with E-state index in [0.717, 1.165) is 6.54 Å². The molecule has 0 unspecified atom stereocenters. The molecule has 0 aliphatic carbocycles. The van der Waals surface area contributed by atoms with Crippen LogP contribution in [0.25, 0.3) is 0 Å². The van der Waals surface area contributed by atoms with Crippen molar-refractivity contribution in [2.24, 2.45) is 0 Å². The molecule has 0 atom stereocenters. The van der Waals surface area contributed by atoms with Crippen molar-refractivity contribution in [3.63, 3.8) is 0 Å². The number of ether oxygens (including phenoxy) is 2. The van der Waals surface area contributed by atoms with Gasteiger partial charge in [0.25, 0.3) is 0 Å². The fourth-order valence-electron chi connectivity index (χ4n) is 1.33. The molecule has 7 heteroatoms. The van der Waals surface area contributed by atoms with Gasteiger partial charge in [-0.1, -0.05) is 11.3 Å². The highest BCUT2D eigenvalue weighted by molar-refractivity contribution is 7.17. The average Bonchev–Trinajstić information content (AvgIpc) is 2.73. The number of esters is 1. The molecule has 0 amide bonds. The highest BCUT2D eigenvalue weighted by atomic mass is 32.1. The summed E-state index contributed by atoms with van der Waals surface area (Å²) in [5.74, 6) is -0.342. The Kier molecular flexibility index (Phi) is 6.75. The number of aryl methyl sites for hydroxylation is 1. The van der Waals surface area contributed by atoms with E-state index >= 15 is 0 Å². The van der Waals surface area contributed by atoms with Crippen LogP contribution in [0, 0.1) is 6.92 Å². The van der Waals surface area contributed by atoms with Gasteiger partial charge in [-0.3, -0.25) is 0 Å². The van der Waals surface area contributed by atoms with Crippen molar-refractivity contribution in [2.75, 3.05) is 52.8 Å². The molecule has 0 saturated carbocycles. The van der Waals surface area contributed by atoms with Crippen molar-refractivity contribution >= 4 is 22.4 Å². The minimum Gasteiger partial charge on any atom is -0.465 e. The third kappa shape index (κ3) is 5.54. The summed E-state index contributed by atoms with van der Waals surface area (Å²) in [6, 6.07) is 0. The zero-order valence-electron chi connectivity index (χ0n) is 11.9. The van der Waals surface area contributed by atoms with Crippen LogP contribution in [0.2, 0.25) is 0 Å². The first kappa shape index (κ1) is 15.9. The van der Waals surface area contributed by atoms with E-state index in [-0.39, 0.29) is 5.97 Å². The number of anilines is 1. The van der Waals surface area contributed by atoms with E-state index in [1.165, 1.54) is 18.4 Å². The minimum absolute atomic E-state index is 0.342. The molecule has 0 saturated heterocycles. The summed E-state index contributed by atoms with van der Waals surface area (Å²) < 4.78 is 10.1. The number of rotatable bonds is 8. The van der Waals surface area contributed by atoms with Gasteiger partial charge in [-0.05, 0) is 21.0 Å². The van der Waals surface area contributed by atoms with Crippen LogP contribution < -0.4 is 5.32 Å². The fraction of sp³-hybridized carbons (Fsp3) is 0.667. The predicted molar refractivity (Wildman–Crippen MR) is 76.1 cm³/mol. The Balaban J connectivity index is 2.28. The fourth-order valence-corrected chi connectivity index (χ4v) is 2.24. The van der Waals surface area contributed by atoms with Gasteiger partial charge in [-0.15, -0.1) is 0 Å². The second kappa shape index (κ2) is 8.08. The van der Waals surface area contributed by atoms with E-state index in [1.54, 1.807) is 6.92 Å². The number of thiazole rings is 1. The Hall–Kier alpha value is -1.18. The van der Waals surface area contributed by atoms with Crippen molar-refractivity contribution in [3.05, 3.63) is 10.6 Å². The number of carbonyl (C=O) groups is 1. The first-order valence-corrected chi connectivity index (χ1v) is 6.88. The highest BCUT2D eigenvalue weighted by Crippen LogP contribution is 2.22. The molecule has 0 bridgehead atoms. The maximum absolute atomic E-state index is 11.4. The van der Waals surface area contributed by atoms with Gasteiger partial charge in [0.1, 0.15) is 4.88 Å². The molecule has 1 N–H and O–H groups in total. The Morgan fingerprint density at radius 1 is 1.42 bits per heavy atom. The largest absolute Gasteiger partial charge is 0.465 e. The number of methoxy groups -OCH3 is 1.